The van der Waals surface area contributed by atoms with Gasteiger partial charge in [-0.25, -0.2) is 0 Å². The number of hydrogen-bond donors (Lipinski definition) is 2. The molecule has 0 bridgehead atoms. The lowest BCUT2D eigenvalue weighted by molar-refractivity contribution is -0.122. The first kappa shape index (κ1) is 15.1. The Morgan fingerprint density at radius 1 is 1.24 bits per heavy atom. The standard InChI is InChI=1S/C16H20N2O3/c1-2-21-14-9-7-13(8-10-14)16(20)18-17-15(19)11-12-5-3-4-6-12/h3,5,7-10,12H,2,4,6,11H2,1H3,(H,17,19)(H,18,20)/t12-/m0/s1. The van der Waals surface area contributed by atoms with Gasteiger partial charge in [-0.3, -0.25) is 20.4 Å². The van der Waals surface area contributed by atoms with Gasteiger partial charge < -0.3 is 4.74 Å². The van der Waals surface area contributed by atoms with Crippen molar-refractivity contribution >= 4 is 11.8 Å². The lowest BCUT2D eigenvalue weighted by atomic mass is 10.1. The molecule has 5 nitrogen and oxygen atoms in total. The summed E-state index contributed by atoms with van der Waals surface area (Å²) in [7, 11) is 0. The molecule has 1 atom stereocenters. The number of carbonyl (C=O) groups excluding carboxylic acids is 2. The van der Waals surface area contributed by atoms with Crippen molar-refractivity contribution in [1.29, 1.82) is 0 Å². The van der Waals surface area contributed by atoms with E-state index in [2.05, 4.69) is 16.9 Å². The van der Waals surface area contributed by atoms with Gasteiger partial charge in [-0.1, -0.05) is 12.2 Å². The summed E-state index contributed by atoms with van der Waals surface area (Å²) >= 11 is 0. The van der Waals surface area contributed by atoms with Gasteiger partial charge in [0.2, 0.25) is 5.91 Å². The molecule has 1 aromatic carbocycles. The van der Waals surface area contributed by atoms with Gasteiger partial charge in [0.15, 0.2) is 0 Å². The van der Waals surface area contributed by atoms with Crippen molar-refractivity contribution in [1.82, 2.24) is 10.9 Å². The van der Waals surface area contributed by atoms with E-state index in [1.165, 1.54) is 0 Å². The van der Waals surface area contributed by atoms with Gasteiger partial charge in [-0.05, 0) is 49.9 Å². The average molecular weight is 288 g/mol. The molecule has 1 aliphatic carbocycles. The van der Waals surface area contributed by atoms with E-state index >= 15 is 0 Å². The van der Waals surface area contributed by atoms with Crippen molar-refractivity contribution < 1.29 is 14.3 Å². The zero-order chi connectivity index (χ0) is 15.1. The predicted octanol–water partition coefficient (Wildman–Crippen LogP) is 2.20. The maximum Gasteiger partial charge on any atom is 0.269 e. The second-order valence-electron chi connectivity index (χ2n) is 4.93. The minimum atomic E-state index is -0.339. The Bertz CT molecular complexity index is 523. The molecular weight excluding hydrogens is 268 g/mol. The summed E-state index contributed by atoms with van der Waals surface area (Å²) in [4.78, 5) is 23.6. The van der Waals surface area contributed by atoms with E-state index in [1.807, 2.05) is 13.0 Å². The molecule has 0 aliphatic heterocycles. The second-order valence-corrected chi connectivity index (χ2v) is 4.93. The molecule has 2 amide bonds. The van der Waals surface area contributed by atoms with Crippen LogP contribution in [0.1, 0.15) is 36.5 Å². The fourth-order valence-corrected chi connectivity index (χ4v) is 2.22. The fourth-order valence-electron chi connectivity index (χ4n) is 2.22. The highest BCUT2D eigenvalue weighted by Crippen LogP contribution is 2.19. The van der Waals surface area contributed by atoms with Crippen LogP contribution in [0.2, 0.25) is 0 Å². The minimum Gasteiger partial charge on any atom is -0.494 e. The van der Waals surface area contributed by atoms with E-state index in [-0.39, 0.29) is 17.7 Å². The molecule has 1 aromatic rings. The summed E-state index contributed by atoms with van der Waals surface area (Å²) < 4.78 is 5.31. The molecule has 0 saturated heterocycles. The van der Waals surface area contributed by atoms with Gasteiger partial charge in [0.25, 0.3) is 5.91 Å². The maximum absolute atomic E-state index is 11.9. The molecule has 1 aliphatic rings. The number of hydrogen-bond acceptors (Lipinski definition) is 3. The summed E-state index contributed by atoms with van der Waals surface area (Å²) in [5.74, 6) is 0.484. The van der Waals surface area contributed by atoms with Gasteiger partial charge in [0.05, 0.1) is 6.61 Å². The Morgan fingerprint density at radius 2 is 2.00 bits per heavy atom. The van der Waals surface area contributed by atoms with Crippen LogP contribution in [0.4, 0.5) is 0 Å². The first-order chi connectivity index (χ1) is 10.2. The van der Waals surface area contributed by atoms with Crippen molar-refractivity contribution in [2.45, 2.75) is 26.2 Å². The van der Waals surface area contributed by atoms with Crippen LogP contribution >= 0.6 is 0 Å². The number of carbonyl (C=O) groups is 2. The highest BCUT2D eigenvalue weighted by molar-refractivity contribution is 5.95. The number of amides is 2. The molecule has 112 valence electrons. The van der Waals surface area contributed by atoms with E-state index in [4.69, 9.17) is 4.74 Å². The van der Waals surface area contributed by atoms with E-state index in [9.17, 15) is 9.59 Å². The van der Waals surface area contributed by atoms with Crippen LogP contribution in [-0.2, 0) is 4.79 Å². The topological polar surface area (TPSA) is 67.4 Å². The van der Waals surface area contributed by atoms with E-state index in [0.29, 0.717) is 24.3 Å². The number of hydrazine groups is 1. The Morgan fingerprint density at radius 3 is 2.62 bits per heavy atom. The number of ether oxygens (including phenoxy) is 1. The smallest absolute Gasteiger partial charge is 0.269 e. The van der Waals surface area contributed by atoms with Gasteiger partial charge >= 0.3 is 0 Å². The molecule has 2 rings (SSSR count). The minimum absolute atomic E-state index is 0.175. The molecule has 0 radical (unpaired) electrons. The molecule has 5 heteroatoms. The summed E-state index contributed by atoms with van der Waals surface area (Å²) in [5, 5.41) is 0. The normalized spacial score (nSPS) is 16.5. The summed E-state index contributed by atoms with van der Waals surface area (Å²) in [5.41, 5.74) is 5.34. The number of nitrogens with one attached hydrogen (secondary N) is 2. The SMILES string of the molecule is CCOc1ccc(C(=O)NNC(=O)C[C@H]2C=CCC2)cc1. The van der Waals surface area contributed by atoms with Crippen LogP contribution in [-0.4, -0.2) is 18.4 Å². The van der Waals surface area contributed by atoms with Crippen molar-refractivity contribution in [3.8, 4) is 5.75 Å². The van der Waals surface area contributed by atoms with Crippen LogP contribution in [0.15, 0.2) is 36.4 Å². The third kappa shape index (κ3) is 4.63. The van der Waals surface area contributed by atoms with E-state index in [1.54, 1.807) is 24.3 Å². The predicted molar refractivity (Wildman–Crippen MR) is 79.7 cm³/mol. The molecule has 0 spiro atoms. The maximum atomic E-state index is 11.9. The van der Waals surface area contributed by atoms with Crippen molar-refractivity contribution in [2.75, 3.05) is 6.61 Å². The lowest BCUT2D eigenvalue weighted by Crippen LogP contribution is -2.42. The van der Waals surface area contributed by atoms with E-state index in [0.717, 1.165) is 12.8 Å². The highest BCUT2D eigenvalue weighted by Gasteiger charge is 2.14. The third-order valence-electron chi connectivity index (χ3n) is 3.30. The molecule has 0 unspecified atom stereocenters. The average Bonchev–Trinajstić information content (AvgIpc) is 2.99. The van der Waals surface area contributed by atoms with Gasteiger partial charge in [0.1, 0.15) is 5.75 Å². The zero-order valence-electron chi connectivity index (χ0n) is 12.1. The summed E-state index contributed by atoms with van der Waals surface area (Å²) in [6, 6.07) is 6.77. The molecule has 0 fully saturated rings. The highest BCUT2D eigenvalue weighted by atomic mass is 16.5. The Hall–Kier alpha value is -2.30. The fraction of sp³-hybridized carbons (Fsp3) is 0.375. The van der Waals surface area contributed by atoms with Crippen LogP contribution in [0.5, 0.6) is 5.75 Å². The lowest BCUT2D eigenvalue weighted by Gasteiger charge is -2.10. The number of benzene rings is 1. The molecule has 0 heterocycles. The quantitative estimate of drug-likeness (QED) is 0.645. The van der Waals surface area contributed by atoms with Gasteiger partial charge in [-0.15, -0.1) is 0 Å². The summed E-state index contributed by atoms with van der Waals surface area (Å²) in [6.45, 7) is 2.48. The zero-order valence-corrected chi connectivity index (χ0v) is 12.1. The Kier molecular flexibility index (Phi) is 5.37. The number of rotatable bonds is 5. The largest absolute Gasteiger partial charge is 0.494 e. The first-order valence-corrected chi connectivity index (χ1v) is 7.17. The van der Waals surface area contributed by atoms with Crippen molar-refractivity contribution in [2.24, 2.45) is 5.92 Å². The molecular formula is C16H20N2O3. The van der Waals surface area contributed by atoms with E-state index < -0.39 is 0 Å². The van der Waals surface area contributed by atoms with Gasteiger partial charge in [0, 0.05) is 12.0 Å². The molecule has 21 heavy (non-hydrogen) atoms. The second kappa shape index (κ2) is 7.47. The molecule has 2 N–H and O–H groups in total. The van der Waals surface area contributed by atoms with Crippen LogP contribution < -0.4 is 15.6 Å². The number of allylic oxidation sites excluding steroid dienone is 2. The van der Waals surface area contributed by atoms with Crippen molar-refractivity contribution in [3.63, 3.8) is 0 Å². The third-order valence-corrected chi connectivity index (χ3v) is 3.30. The van der Waals surface area contributed by atoms with Crippen LogP contribution in [0.25, 0.3) is 0 Å². The Labute approximate surface area is 124 Å². The monoisotopic (exact) mass is 288 g/mol. The summed E-state index contributed by atoms with van der Waals surface area (Å²) in [6.07, 6.45) is 6.56. The Balaban J connectivity index is 1.78. The van der Waals surface area contributed by atoms with Crippen molar-refractivity contribution in [3.05, 3.63) is 42.0 Å². The molecule has 0 saturated carbocycles. The van der Waals surface area contributed by atoms with Crippen LogP contribution in [0, 0.1) is 5.92 Å². The van der Waals surface area contributed by atoms with Crippen LogP contribution in [0.3, 0.4) is 0 Å². The molecule has 0 aromatic heterocycles. The van der Waals surface area contributed by atoms with Gasteiger partial charge in [-0.2, -0.15) is 0 Å². The first-order valence-electron chi connectivity index (χ1n) is 7.17.